The van der Waals surface area contributed by atoms with E-state index in [4.69, 9.17) is 10.2 Å². The van der Waals surface area contributed by atoms with E-state index in [2.05, 4.69) is 16.9 Å². The van der Waals surface area contributed by atoms with Crippen LogP contribution in [0.5, 0.6) is 0 Å². The average Bonchev–Trinajstić information content (AvgIpc) is 3.52. The fraction of sp³-hybridized carbons (Fsp3) is 0.400. The molecule has 2 fully saturated rings. The van der Waals surface area contributed by atoms with Gasteiger partial charge >= 0.3 is 0 Å². The molecule has 222 valence electrons. The van der Waals surface area contributed by atoms with Crippen molar-refractivity contribution in [2.75, 3.05) is 20.1 Å². The number of aliphatic hydroxyl groups excluding tert-OH is 1. The van der Waals surface area contributed by atoms with Crippen molar-refractivity contribution in [3.05, 3.63) is 81.5 Å². The van der Waals surface area contributed by atoms with Gasteiger partial charge in [-0.05, 0) is 106 Å². The lowest BCUT2D eigenvalue weighted by Crippen LogP contribution is -2.29. The summed E-state index contributed by atoms with van der Waals surface area (Å²) in [6.07, 6.45) is 3.24. The predicted octanol–water partition coefficient (Wildman–Crippen LogP) is 4.59. The second-order valence-corrected chi connectivity index (χ2v) is 13.2. The number of nitrogens with two attached hydrogens (primary N) is 1. The molecule has 6 rings (SSSR count). The lowest BCUT2D eigenvalue weighted by Gasteiger charge is -2.29. The number of thiazole rings is 1. The van der Waals surface area contributed by atoms with E-state index in [1.165, 1.54) is 29.5 Å². The number of benzene rings is 2. The van der Waals surface area contributed by atoms with Crippen molar-refractivity contribution in [3.8, 4) is 16.4 Å². The summed E-state index contributed by atoms with van der Waals surface area (Å²) in [4.78, 5) is 6.61. The standard InChI is InChI=1S/C30H33F2N5O3S2/c1-36-10-8-19(9-11-36)21-15-20(5-6-23(21)31)28-22(12-18-4-7-27(42(33)40)24(32)13-18)26(14-17-2-3-17)37(35-28)30-34-25(16-41-30)29(38)39/h4-7,13,15-17,19,29,38-39H,2-3,8-12,14,33H2,1H3. The Labute approximate surface area is 249 Å². The molecule has 0 bridgehead atoms. The third kappa shape index (κ3) is 6.10. The van der Waals surface area contributed by atoms with Crippen LogP contribution in [-0.4, -0.2) is 54.2 Å². The summed E-state index contributed by atoms with van der Waals surface area (Å²) in [6, 6.07) is 9.63. The molecule has 0 spiro atoms. The van der Waals surface area contributed by atoms with E-state index < -0.39 is 23.1 Å². The first-order valence-corrected chi connectivity index (χ1v) is 16.1. The molecule has 1 unspecified atom stereocenters. The fourth-order valence-electron chi connectivity index (χ4n) is 5.70. The number of halogens is 2. The smallest absolute Gasteiger partial charge is 0.210 e. The molecule has 3 heterocycles. The van der Waals surface area contributed by atoms with Gasteiger partial charge in [-0.15, -0.1) is 11.3 Å². The van der Waals surface area contributed by atoms with Gasteiger partial charge in [0.1, 0.15) is 28.3 Å². The molecule has 0 radical (unpaired) electrons. The van der Waals surface area contributed by atoms with E-state index in [0.29, 0.717) is 34.3 Å². The normalized spacial score (nSPS) is 17.3. The Hall–Kier alpha value is -2.87. The minimum Gasteiger partial charge on any atom is -0.363 e. The summed E-state index contributed by atoms with van der Waals surface area (Å²) < 4.78 is 43.5. The Morgan fingerprint density at radius 2 is 1.86 bits per heavy atom. The lowest BCUT2D eigenvalue weighted by molar-refractivity contribution is -0.0454. The number of nitrogens with zero attached hydrogens (tertiary/aromatic N) is 4. The number of hydrogen-bond donors (Lipinski definition) is 3. The van der Waals surface area contributed by atoms with Gasteiger partial charge in [-0.2, -0.15) is 5.10 Å². The van der Waals surface area contributed by atoms with E-state index in [1.807, 2.05) is 6.07 Å². The average molecular weight is 614 g/mol. The van der Waals surface area contributed by atoms with Gasteiger partial charge in [-0.3, -0.25) is 0 Å². The van der Waals surface area contributed by atoms with Gasteiger partial charge in [-0.25, -0.2) is 27.8 Å². The van der Waals surface area contributed by atoms with Crippen molar-refractivity contribution in [1.29, 1.82) is 0 Å². The molecule has 1 saturated carbocycles. The van der Waals surface area contributed by atoms with Crippen molar-refractivity contribution < 1.29 is 23.2 Å². The van der Waals surface area contributed by atoms with Crippen LogP contribution in [0.25, 0.3) is 16.4 Å². The molecule has 12 heteroatoms. The van der Waals surface area contributed by atoms with Crippen LogP contribution in [0.15, 0.2) is 46.7 Å². The SMILES string of the molecule is CN1CCC(c2cc(-c3nn(-c4nc(C(O)O)cs4)c(CC4CC4)c3Cc3ccc(S(N)=O)c(F)c3)ccc2F)CC1. The summed E-state index contributed by atoms with van der Waals surface area (Å²) in [7, 11) is 0.130. The summed E-state index contributed by atoms with van der Waals surface area (Å²) in [6.45, 7) is 1.80. The summed E-state index contributed by atoms with van der Waals surface area (Å²) >= 11 is 1.25. The molecule has 8 nitrogen and oxygen atoms in total. The number of aromatic nitrogens is 3. The number of hydrogen-bond acceptors (Lipinski definition) is 7. The molecule has 1 aliphatic carbocycles. The van der Waals surface area contributed by atoms with Gasteiger partial charge in [0.05, 0.1) is 16.3 Å². The van der Waals surface area contributed by atoms with Crippen LogP contribution in [0.2, 0.25) is 0 Å². The largest absolute Gasteiger partial charge is 0.363 e. The third-order valence-corrected chi connectivity index (χ3v) is 9.85. The Morgan fingerprint density at radius 3 is 2.50 bits per heavy atom. The van der Waals surface area contributed by atoms with Crippen LogP contribution in [-0.2, 0) is 23.8 Å². The van der Waals surface area contributed by atoms with E-state index in [1.54, 1.807) is 22.2 Å². The maximum Gasteiger partial charge on any atom is 0.210 e. The zero-order valence-corrected chi connectivity index (χ0v) is 24.8. The Bertz CT molecular complexity index is 1630. The Balaban J connectivity index is 1.49. The molecule has 1 saturated heterocycles. The second-order valence-electron chi connectivity index (χ2n) is 11.3. The monoisotopic (exact) mass is 613 g/mol. The minimum atomic E-state index is -1.94. The molecule has 4 aromatic rings. The topological polar surface area (TPSA) is 118 Å². The third-order valence-electron chi connectivity index (χ3n) is 8.25. The number of likely N-dealkylation sites (tertiary alicyclic amines) is 1. The highest BCUT2D eigenvalue weighted by molar-refractivity contribution is 7.82. The summed E-state index contributed by atoms with van der Waals surface area (Å²) in [5.74, 6) is -0.305. The number of aliphatic hydroxyl groups is 2. The first-order chi connectivity index (χ1) is 20.2. The van der Waals surface area contributed by atoms with Gasteiger partial charge in [0.15, 0.2) is 6.29 Å². The highest BCUT2D eigenvalue weighted by Gasteiger charge is 2.30. The molecular formula is C30H33F2N5O3S2. The predicted molar refractivity (Wildman–Crippen MR) is 158 cm³/mol. The maximum absolute atomic E-state index is 15.2. The van der Waals surface area contributed by atoms with Gasteiger partial charge in [0, 0.05) is 22.9 Å². The molecule has 0 amide bonds. The van der Waals surface area contributed by atoms with Crippen LogP contribution in [0.4, 0.5) is 8.78 Å². The van der Waals surface area contributed by atoms with E-state index >= 15 is 4.39 Å². The Kier molecular flexibility index (Phi) is 8.36. The van der Waals surface area contributed by atoms with Crippen molar-refractivity contribution in [1.82, 2.24) is 19.7 Å². The van der Waals surface area contributed by atoms with Crippen LogP contribution in [0, 0.1) is 17.6 Å². The van der Waals surface area contributed by atoms with Gasteiger partial charge in [0.2, 0.25) is 5.13 Å². The zero-order chi connectivity index (χ0) is 29.5. The van der Waals surface area contributed by atoms with Gasteiger partial charge in [0.25, 0.3) is 0 Å². The Morgan fingerprint density at radius 1 is 1.10 bits per heavy atom. The van der Waals surface area contributed by atoms with Crippen molar-refractivity contribution in [3.63, 3.8) is 0 Å². The minimum absolute atomic E-state index is 0.0629. The molecule has 1 atom stereocenters. The van der Waals surface area contributed by atoms with Crippen LogP contribution in [0.3, 0.4) is 0 Å². The highest BCUT2D eigenvalue weighted by Crippen LogP contribution is 2.39. The quantitative estimate of drug-likeness (QED) is 0.238. The zero-order valence-electron chi connectivity index (χ0n) is 23.2. The van der Waals surface area contributed by atoms with E-state index in [9.17, 15) is 18.8 Å². The van der Waals surface area contributed by atoms with Crippen molar-refractivity contribution in [2.45, 2.75) is 55.6 Å². The molecule has 1 aliphatic heterocycles. The van der Waals surface area contributed by atoms with Gasteiger partial charge in [-0.1, -0.05) is 6.07 Å². The molecule has 42 heavy (non-hydrogen) atoms. The van der Waals surface area contributed by atoms with E-state index in [0.717, 1.165) is 62.0 Å². The molecule has 2 aliphatic rings. The van der Waals surface area contributed by atoms with E-state index in [-0.39, 0.29) is 22.3 Å². The van der Waals surface area contributed by atoms with Crippen LogP contribution in [0.1, 0.15) is 66.0 Å². The lowest BCUT2D eigenvalue weighted by atomic mass is 9.87. The molecule has 2 aromatic carbocycles. The maximum atomic E-state index is 15.2. The first-order valence-electron chi connectivity index (χ1n) is 14.0. The fourth-order valence-corrected chi connectivity index (χ4v) is 6.97. The number of piperidine rings is 1. The van der Waals surface area contributed by atoms with Crippen LogP contribution < -0.4 is 5.14 Å². The van der Waals surface area contributed by atoms with Crippen molar-refractivity contribution >= 4 is 22.3 Å². The number of rotatable bonds is 9. The molecular weight excluding hydrogens is 580 g/mol. The van der Waals surface area contributed by atoms with Gasteiger partial charge < -0.3 is 15.1 Å². The van der Waals surface area contributed by atoms with Crippen LogP contribution >= 0.6 is 11.3 Å². The molecule has 2 aromatic heterocycles. The summed E-state index contributed by atoms with van der Waals surface area (Å²) in [5, 5.41) is 31.9. The highest BCUT2D eigenvalue weighted by atomic mass is 32.2. The molecule has 4 N–H and O–H groups in total. The summed E-state index contributed by atoms with van der Waals surface area (Å²) in [5.41, 5.74) is 4.63. The second kappa shape index (κ2) is 12.0. The first kappa shape index (κ1) is 29.2. The van der Waals surface area contributed by atoms with Crippen molar-refractivity contribution in [2.24, 2.45) is 11.1 Å².